The topological polar surface area (TPSA) is 44.8 Å². The highest BCUT2D eigenvalue weighted by Gasteiger charge is 2.50. The van der Waals surface area contributed by atoms with Crippen LogP contribution in [0, 0.1) is 5.92 Å². The van der Waals surface area contributed by atoms with Crippen molar-refractivity contribution >= 4 is 24.7 Å². The number of rotatable bonds is 13. The molecule has 0 fully saturated rings. The predicted octanol–water partition coefficient (Wildman–Crippen LogP) is 5.68. The minimum Gasteiger partial charge on any atom is -0.456 e. The third-order valence-electron chi connectivity index (χ3n) is 6.52. The Kier molecular flexibility index (Phi) is 10.2. The van der Waals surface area contributed by atoms with Gasteiger partial charge in [0.15, 0.2) is 0 Å². The molecule has 3 rings (SSSR count). The van der Waals surface area contributed by atoms with E-state index in [-0.39, 0.29) is 17.6 Å². The van der Waals surface area contributed by atoms with Crippen molar-refractivity contribution in [2.75, 3.05) is 13.2 Å². The summed E-state index contributed by atoms with van der Waals surface area (Å²) in [6.07, 6.45) is 2.41. The fraction of sp³-hybridized carbons (Fsp3) is 0.281. The van der Waals surface area contributed by atoms with E-state index in [0.717, 1.165) is 5.56 Å². The van der Waals surface area contributed by atoms with E-state index in [1.165, 1.54) is 16.4 Å². The highest BCUT2D eigenvalue weighted by atomic mass is 28.4. The Hall–Kier alpha value is -3.25. The maximum Gasteiger partial charge on any atom is 0.330 e. The van der Waals surface area contributed by atoms with Gasteiger partial charge in [-0.05, 0) is 21.0 Å². The summed E-state index contributed by atoms with van der Waals surface area (Å²) < 4.78 is 18.8. The number of esters is 1. The van der Waals surface area contributed by atoms with Crippen molar-refractivity contribution in [3.63, 3.8) is 0 Å². The van der Waals surface area contributed by atoms with Gasteiger partial charge in [0.25, 0.3) is 8.32 Å². The van der Waals surface area contributed by atoms with Gasteiger partial charge in [-0.1, -0.05) is 124 Å². The van der Waals surface area contributed by atoms with Crippen molar-refractivity contribution in [3.05, 3.63) is 122 Å². The SMILES string of the molecule is C=CC(=O)O[C@H](COCc1ccccc1)[C@H](C=C)CO[Si](c1ccccc1)(c1ccccc1)C(C)(C)C. The molecule has 3 aromatic carbocycles. The van der Waals surface area contributed by atoms with Gasteiger partial charge in [0.2, 0.25) is 0 Å². The molecule has 0 saturated heterocycles. The van der Waals surface area contributed by atoms with Crippen LogP contribution in [0.4, 0.5) is 0 Å². The molecule has 0 radical (unpaired) electrons. The van der Waals surface area contributed by atoms with Crippen LogP contribution in [0.3, 0.4) is 0 Å². The van der Waals surface area contributed by atoms with E-state index in [1.807, 2.05) is 42.5 Å². The molecule has 0 saturated carbocycles. The Morgan fingerprint density at radius 2 is 1.35 bits per heavy atom. The Bertz CT molecular complexity index is 1080. The van der Waals surface area contributed by atoms with Crippen molar-refractivity contribution in [2.24, 2.45) is 5.92 Å². The van der Waals surface area contributed by atoms with E-state index in [9.17, 15) is 4.79 Å². The summed E-state index contributed by atoms with van der Waals surface area (Å²) >= 11 is 0. The third kappa shape index (κ3) is 7.16. The molecule has 0 N–H and O–H groups in total. The third-order valence-corrected chi connectivity index (χ3v) is 11.5. The summed E-state index contributed by atoms with van der Waals surface area (Å²) in [5.41, 5.74) is 1.05. The summed E-state index contributed by atoms with van der Waals surface area (Å²) in [6.45, 7) is 15.3. The number of ether oxygens (including phenoxy) is 2. The summed E-state index contributed by atoms with van der Waals surface area (Å²) in [4.78, 5) is 12.2. The van der Waals surface area contributed by atoms with Gasteiger partial charge in [-0.3, -0.25) is 0 Å². The van der Waals surface area contributed by atoms with Crippen LogP contribution in [0.1, 0.15) is 26.3 Å². The first kappa shape index (κ1) is 28.3. The molecule has 3 aromatic rings. The van der Waals surface area contributed by atoms with Gasteiger partial charge < -0.3 is 13.9 Å². The molecule has 194 valence electrons. The largest absolute Gasteiger partial charge is 0.456 e. The van der Waals surface area contributed by atoms with Gasteiger partial charge in [-0.15, -0.1) is 6.58 Å². The lowest BCUT2D eigenvalue weighted by molar-refractivity contribution is -0.149. The first-order valence-electron chi connectivity index (χ1n) is 12.6. The van der Waals surface area contributed by atoms with Crippen LogP contribution in [0.5, 0.6) is 0 Å². The maximum absolute atomic E-state index is 12.2. The fourth-order valence-corrected chi connectivity index (χ4v) is 9.22. The second-order valence-corrected chi connectivity index (χ2v) is 14.4. The molecule has 0 spiro atoms. The van der Waals surface area contributed by atoms with Crippen molar-refractivity contribution in [1.82, 2.24) is 0 Å². The molecule has 5 heteroatoms. The Labute approximate surface area is 222 Å². The molecule has 0 aliphatic carbocycles. The molecular formula is C32H38O4Si. The van der Waals surface area contributed by atoms with Crippen molar-refractivity contribution in [2.45, 2.75) is 38.5 Å². The molecule has 0 aromatic heterocycles. The molecule has 2 atom stereocenters. The standard InChI is InChI=1S/C32H38O4Si/c1-6-27(30(36-31(33)7-2)25-34-23-26-17-11-8-12-18-26)24-35-37(32(3,4)5,28-19-13-9-14-20-28)29-21-15-10-16-22-29/h6-22,27,30H,1-2,23-25H2,3-5H3/t27-,30-/m1/s1. The normalized spacial score (nSPS) is 13.4. The maximum atomic E-state index is 12.2. The van der Waals surface area contributed by atoms with Crippen LogP contribution in [0.25, 0.3) is 0 Å². The molecule has 0 unspecified atom stereocenters. The molecule has 4 nitrogen and oxygen atoms in total. The second-order valence-electron chi connectivity index (χ2n) is 10.1. The summed E-state index contributed by atoms with van der Waals surface area (Å²) in [7, 11) is -2.76. The van der Waals surface area contributed by atoms with Crippen LogP contribution in [0.15, 0.2) is 116 Å². The van der Waals surface area contributed by atoms with Gasteiger partial charge in [0.05, 0.1) is 13.2 Å². The summed E-state index contributed by atoms with van der Waals surface area (Å²) in [5, 5.41) is 2.21. The first-order valence-corrected chi connectivity index (χ1v) is 14.5. The van der Waals surface area contributed by atoms with E-state index < -0.39 is 20.4 Å². The quantitative estimate of drug-likeness (QED) is 0.127. The highest BCUT2D eigenvalue weighted by molar-refractivity contribution is 6.99. The summed E-state index contributed by atoms with van der Waals surface area (Å²) in [6, 6.07) is 30.8. The molecule has 0 bridgehead atoms. The zero-order valence-corrected chi connectivity index (χ0v) is 23.1. The van der Waals surface area contributed by atoms with Gasteiger partial charge in [0.1, 0.15) is 6.10 Å². The van der Waals surface area contributed by atoms with Gasteiger partial charge in [-0.25, -0.2) is 4.79 Å². The lowest BCUT2D eigenvalue weighted by Gasteiger charge is -2.44. The van der Waals surface area contributed by atoms with E-state index in [2.05, 4.69) is 82.5 Å². The second kappa shape index (κ2) is 13.3. The minimum atomic E-state index is -2.76. The van der Waals surface area contributed by atoms with Crippen LogP contribution in [-0.2, 0) is 25.3 Å². The number of carbonyl (C=O) groups is 1. The van der Waals surface area contributed by atoms with Crippen LogP contribution >= 0.6 is 0 Å². The lowest BCUT2D eigenvalue weighted by atomic mass is 10.0. The average molecular weight is 515 g/mol. The van der Waals surface area contributed by atoms with Gasteiger partial charge >= 0.3 is 5.97 Å². The van der Waals surface area contributed by atoms with Gasteiger partial charge in [-0.2, -0.15) is 0 Å². The zero-order chi connectivity index (χ0) is 26.7. The van der Waals surface area contributed by atoms with E-state index in [4.69, 9.17) is 13.9 Å². The lowest BCUT2D eigenvalue weighted by Crippen LogP contribution is -2.67. The monoisotopic (exact) mass is 514 g/mol. The number of carbonyl (C=O) groups excluding carboxylic acids is 1. The first-order chi connectivity index (χ1) is 17.8. The molecule has 0 aliphatic heterocycles. The Balaban J connectivity index is 1.90. The minimum absolute atomic E-state index is 0.168. The Morgan fingerprint density at radius 3 is 1.81 bits per heavy atom. The van der Waals surface area contributed by atoms with Crippen LogP contribution < -0.4 is 10.4 Å². The molecule has 0 amide bonds. The number of hydrogen-bond donors (Lipinski definition) is 0. The average Bonchev–Trinajstić information content (AvgIpc) is 2.91. The van der Waals surface area contributed by atoms with Gasteiger partial charge in [0, 0.05) is 18.6 Å². The van der Waals surface area contributed by atoms with Crippen molar-refractivity contribution in [3.8, 4) is 0 Å². The van der Waals surface area contributed by atoms with Crippen molar-refractivity contribution < 1.29 is 18.7 Å². The van der Waals surface area contributed by atoms with E-state index in [1.54, 1.807) is 6.08 Å². The number of hydrogen-bond acceptors (Lipinski definition) is 4. The van der Waals surface area contributed by atoms with E-state index >= 15 is 0 Å². The van der Waals surface area contributed by atoms with Crippen molar-refractivity contribution in [1.29, 1.82) is 0 Å². The predicted molar refractivity (Wildman–Crippen MR) is 153 cm³/mol. The molecule has 37 heavy (non-hydrogen) atoms. The highest BCUT2D eigenvalue weighted by Crippen LogP contribution is 2.37. The fourth-order valence-electron chi connectivity index (χ4n) is 4.62. The van der Waals surface area contributed by atoms with Crippen LogP contribution in [-0.4, -0.2) is 33.6 Å². The van der Waals surface area contributed by atoms with Crippen LogP contribution in [0.2, 0.25) is 5.04 Å². The zero-order valence-electron chi connectivity index (χ0n) is 22.1. The molecule has 0 heterocycles. The molecular weight excluding hydrogens is 476 g/mol. The smallest absolute Gasteiger partial charge is 0.330 e. The summed E-state index contributed by atoms with van der Waals surface area (Å²) in [5.74, 6) is -0.771. The molecule has 0 aliphatic rings. The van der Waals surface area contributed by atoms with E-state index in [0.29, 0.717) is 13.2 Å². The number of benzene rings is 3. The Morgan fingerprint density at radius 1 is 0.838 bits per heavy atom.